The summed E-state index contributed by atoms with van der Waals surface area (Å²) < 4.78 is 5.20. The highest BCUT2D eigenvalue weighted by molar-refractivity contribution is 5.90. The molecule has 0 atom stereocenters. The van der Waals surface area contributed by atoms with Crippen molar-refractivity contribution < 1.29 is 9.32 Å². The zero-order chi connectivity index (χ0) is 19.5. The average Bonchev–Trinajstić information content (AvgIpc) is 3.16. The summed E-state index contributed by atoms with van der Waals surface area (Å²) >= 11 is 0. The first-order valence-corrected chi connectivity index (χ1v) is 8.75. The third-order valence-electron chi connectivity index (χ3n) is 4.22. The summed E-state index contributed by atoms with van der Waals surface area (Å²) in [6.07, 6.45) is 3.63. The number of aromatic amines is 1. The number of carbonyl (C=O) groups excluding carboxylic acids is 1. The smallest absolute Gasteiger partial charge is 0.259 e. The molecule has 0 aliphatic carbocycles. The van der Waals surface area contributed by atoms with Gasteiger partial charge in [-0.15, -0.1) is 0 Å². The van der Waals surface area contributed by atoms with Crippen LogP contribution in [0.3, 0.4) is 0 Å². The van der Waals surface area contributed by atoms with E-state index in [2.05, 4.69) is 25.4 Å². The van der Waals surface area contributed by atoms with E-state index in [-0.39, 0.29) is 30.1 Å². The number of nitrogens with zero attached hydrogens (tertiary/aromatic N) is 3. The number of nitrogens with one attached hydrogen (secondary N) is 2. The molecule has 1 aromatic carbocycles. The fourth-order valence-electron chi connectivity index (χ4n) is 2.84. The molecular formula is C20H17N5O3. The van der Waals surface area contributed by atoms with Gasteiger partial charge < -0.3 is 14.8 Å². The molecule has 0 radical (unpaired) electrons. The summed E-state index contributed by atoms with van der Waals surface area (Å²) in [5.41, 5.74) is 2.48. The van der Waals surface area contributed by atoms with Gasteiger partial charge in [0.1, 0.15) is 0 Å². The van der Waals surface area contributed by atoms with E-state index in [9.17, 15) is 9.59 Å². The van der Waals surface area contributed by atoms with Gasteiger partial charge in [0, 0.05) is 24.6 Å². The van der Waals surface area contributed by atoms with Crippen molar-refractivity contribution in [2.45, 2.75) is 19.8 Å². The number of anilines is 1. The lowest BCUT2D eigenvalue weighted by atomic mass is 10.1. The molecule has 0 saturated heterocycles. The average molecular weight is 375 g/mol. The summed E-state index contributed by atoms with van der Waals surface area (Å²) in [5.74, 6) is 0.305. The van der Waals surface area contributed by atoms with E-state index in [4.69, 9.17) is 4.52 Å². The van der Waals surface area contributed by atoms with Gasteiger partial charge in [0.25, 0.3) is 5.56 Å². The van der Waals surface area contributed by atoms with Gasteiger partial charge in [0.05, 0.1) is 17.4 Å². The summed E-state index contributed by atoms with van der Waals surface area (Å²) in [6, 6.07) is 11.0. The van der Waals surface area contributed by atoms with Crippen LogP contribution in [0.2, 0.25) is 0 Å². The second kappa shape index (κ2) is 7.43. The van der Waals surface area contributed by atoms with Crippen LogP contribution >= 0.6 is 0 Å². The minimum atomic E-state index is -0.293. The van der Waals surface area contributed by atoms with Crippen LogP contribution in [0.15, 0.2) is 58.1 Å². The van der Waals surface area contributed by atoms with Crippen LogP contribution in [-0.4, -0.2) is 26.0 Å². The van der Waals surface area contributed by atoms with Crippen molar-refractivity contribution in [1.29, 1.82) is 0 Å². The summed E-state index contributed by atoms with van der Waals surface area (Å²) in [5, 5.41) is 7.52. The maximum absolute atomic E-state index is 12.3. The standard InChI is InChI=1S/C20H17N5O3/c1-12-4-5-16-13(9-12)10-15(20(27)23-16)19-24-18(28-25-19)7-6-17(26)22-14-3-2-8-21-11-14/h2-5,8-11H,6-7H2,1H3,(H,22,26)(H,23,27). The molecule has 1 amide bonds. The summed E-state index contributed by atoms with van der Waals surface area (Å²) in [7, 11) is 0. The Kier molecular flexibility index (Phi) is 4.67. The van der Waals surface area contributed by atoms with Crippen LogP contribution in [-0.2, 0) is 11.2 Å². The normalized spacial score (nSPS) is 10.9. The molecule has 28 heavy (non-hydrogen) atoms. The minimum absolute atomic E-state index is 0.170. The fourth-order valence-corrected chi connectivity index (χ4v) is 2.84. The number of benzene rings is 1. The molecule has 0 spiro atoms. The van der Waals surface area contributed by atoms with Gasteiger partial charge in [-0.1, -0.05) is 16.8 Å². The quantitative estimate of drug-likeness (QED) is 0.554. The maximum Gasteiger partial charge on any atom is 0.259 e. The third kappa shape index (κ3) is 3.80. The highest BCUT2D eigenvalue weighted by atomic mass is 16.5. The van der Waals surface area contributed by atoms with Crippen LogP contribution in [0.25, 0.3) is 22.3 Å². The van der Waals surface area contributed by atoms with Crippen LogP contribution in [0.4, 0.5) is 5.69 Å². The molecule has 0 aliphatic heterocycles. The number of hydrogen-bond donors (Lipinski definition) is 2. The molecule has 140 valence electrons. The highest BCUT2D eigenvalue weighted by Gasteiger charge is 2.14. The van der Waals surface area contributed by atoms with E-state index in [1.165, 1.54) is 0 Å². The number of rotatable bonds is 5. The Morgan fingerprint density at radius 1 is 1.25 bits per heavy atom. The summed E-state index contributed by atoms with van der Waals surface area (Å²) in [6.45, 7) is 1.98. The Balaban J connectivity index is 1.48. The van der Waals surface area contributed by atoms with E-state index < -0.39 is 0 Å². The van der Waals surface area contributed by atoms with Crippen LogP contribution in [0, 0.1) is 6.92 Å². The molecule has 4 aromatic rings. The molecule has 2 N–H and O–H groups in total. The van der Waals surface area contributed by atoms with Gasteiger partial charge in [-0.05, 0) is 42.6 Å². The molecule has 0 fully saturated rings. The number of H-pyrrole nitrogens is 1. The molecule has 3 aromatic heterocycles. The Morgan fingerprint density at radius 2 is 2.14 bits per heavy atom. The molecule has 0 unspecified atom stereocenters. The number of pyridine rings is 2. The topological polar surface area (TPSA) is 114 Å². The van der Waals surface area contributed by atoms with Crippen molar-refractivity contribution in [3.05, 3.63) is 70.6 Å². The van der Waals surface area contributed by atoms with Gasteiger partial charge in [-0.25, -0.2) is 0 Å². The molecule has 4 rings (SSSR count). The molecular weight excluding hydrogens is 358 g/mol. The van der Waals surface area contributed by atoms with Gasteiger partial charge in [-0.3, -0.25) is 14.6 Å². The molecule has 8 heteroatoms. The molecule has 0 bridgehead atoms. The van der Waals surface area contributed by atoms with Crippen molar-refractivity contribution in [1.82, 2.24) is 20.1 Å². The number of fused-ring (bicyclic) bond motifs is 1. The largest absolute Gasteiger partial charge is 0.339 e. The number of carbonyl (C=O) groups is 1. The van der Waals surface area contributed by atoms with Crippen molar-refractivity contribution >= 4 is 22.5 Å². The number of hydrogen-bond acceptors (Lipinski definition) is 6. The Bertz CT molecular complexity index is 1200. The van der Waals surface area contributed by atoms with E-state index in [1.807, 2.05) is 25.1 Å². The Hall–Kier alpha value is -3.81. The molecule has 8 nitrogen and oxygen atoms in total. The van der Waals surface area contributed by atoms with Crippen molar-refractivity contribution in [2.75, 3.05) is 5.32 Å². The van der Waals surface area contributed by atoms with Crippen LogP contribution in [0.5, 0.6) is 0 Å². The third-order valence-corrected chi connectivity index (χ3v) is 4.22. The lowest BCUT2D eigenvalue weighted by molar-refractivity contribution is -0.116. The number of amides is 1. The van der Waals surface area contributed by atoms with Gasteiger partial charge in [0.15, 0.2) is 0 Å². The number of aryl methyl sites for hydroxylation is 2. The summed E-state index contributed by atoms with van der Waals surface area (Å²) in [4.78, 5) is 35.4. The number of aromatic nitrogens is 4. The first-order chi connectivity index (χ1) is 13.6. The maximum atomic E-state index is 12.3. The highest BCUT2D eigenvalue weighted by Crippen LogP contribution is 2.19. The van der Waals surface area contributed by atoms with E-state index in [0.29, 0.717) is 17.1 Å². The Morgan fingerprint density at radius 3 is 2.96 bits per heavy atom. The van der Waals surface area contributed by atoms with Gasteiger partial charge in [-0.2, -0.15) is 4.98 Å². The van der Waals surface area contributed by atoms with Crippen molar-refractivity contribution in [3.8, 4) is 11.4 Å². The second-order valence-electron chi connectivity index (χ2n) is 6.40. The first-order valence-electron chi connectivity index (χ1n) is 8.75. The SMILES string of the molecule is Cc1ccc2[nH]c(=O)c(-c3noc(CCC(=O)Nc4cccnc4)n3)cc2c1. The van der Waals surface area contributed by atoms with Crippen molar-refractivity contribution in [3.63, 3.8) is 0 Å². The van der Waals surface area contributed by atoms with Crippen LogP contribution in [0.1, 0.15) is 17.9 Å². The predicted octanol–water partition coefficient (Wildman–Crippen LogP) is 2.85. The minimum Gasteiger partial charge on any atom is -0.339 e. The predicted molar refractivity (Wildman–Crippen MR) is 104 cm³/mol. The van der Waals surface area contributed by atoms with E-state index in [0.717, 1.165) is 16.5 Å². The zero-order valence-corrected chi connectivity index (χ0v) is 15.1. The lowest BCUT2D eigenvalue weighted by Crippen LogP contribution is -2.12. The zero-order valence-electron chi connectivity index (χ0n) is 15.1. The van der Waals surface area contributed by atoms with E-state index >= 15 is 0 Å². The monoisotopic (exact) mass is 375 g/mol. The second-order valence-corrected chi connectivity index (χ2v) is 6.40. The van der Waals surface area contributed by atoms with Crippen LogP contribution < -0.4 is 10.9 Å². The van der Waals surface area contributed by atoms with E-state index in [1.54, 1.807) is 30.6 Å². The lowest BCUT2D eigenvalue weighted by Gasteiger charge is -2.02. The first kappa shape index (κ1) is 17.6. The van der Waals surface area contributed by atoms with Crippen molar-refractivity contribution in [2.24, 2.45) is 0 Å². The van der Waals surface area contributed by atoms with Gasteiger partial charge >= 0.3 is 0 Å². The van der Waals surface area contributed by atoms with Gasteiger partial charge in [0.2, 0.25) is 17.6 Å². The Labute approximate surface area is 159 Å². The molecule has 0 aliphatic rings. The molecule has 3 heterocycles. The fraction of sp³-hybridized carbons (Fsp3) is 0.150. The molecule has 0 saturated carbocycles.